The number of anilines is 1. The summed E-state index contributed by atoms with van der Waals surface area (Å²) in [7, 11) is 1.65. The normalized spacial score (nSPS) is 10.7. The van der Waals surface area contributed by atoms with Crippen LogP contribution in [0.2, 0.25) is 0 Å². The first-order chi connectivity index (χ1) is 9.38. The van der Waals surface area contributed by atoms with Crippen LogP contribution in [0.5, 0.6) is 0 Å². The number of likely N-dealkylation sites (N-methyl/N-ethyl adjacent to an activating group) is 1. The maximum Gasteiger partial charge on any atom is 0.238 e. The number of rotatable bonds is 6. The molecule has 1 aromatic rings. The first-order valence-corrected chi connectivity index (χ1v) is 6.40. The molecule has 0 aromatic heterocycles. The second-order valence-corrected chi connectivity index (χ2v) is 4.92. The van der Waals surface area contributed by atoms with Crippen LogP contribution in [0.15, 0.2) is 24.3 Å². The summed E-state index contributed by atoms with van der Waals surface area (Å²) in [6.45, 7) is 3.86. The quantitative estimate of drug-likeness (QED) is 0.824. The van der Waals surface area contributed by atoms with Gasteiger partial charge in [0.1, 0.15) is 5.82 Å². The van der Waals surface area contributed by atoms with Crippen molar-refractivity contribution in [2.45, 2.75) is 19.9 Å². The highest BCUT2D eigenvalue weighted by Gasteiger charge is 2.12. The molecule has 0 saturated heterocycles. The second-order valence-electron chi connectivity index (χ2n) is 4.92. The zero-order chi connectivity index (χ0) is 15.1. The summed E-state index contributed by atoms with van der Waals surface area (Å²) in [5.41, 5.74) is 0.137. The fourth-order valence-corrected chi connectivity index (χ4v) is 1.67. The van der Waals surface area contributed by atoms with Crippen molar-refractivity contribution in [3.05, 3.63) is 30.1 Å². The van der Waals surface area contributed by atoms with E-state index in [0.29, 0.717) is 0 Å². The van der Waals surface area contributed by atoms with E-state index in [1.807, 2.05) is 13.8 Å². The van der Waals surface area contributed by atoms with E-state index in [1.165, 1.54) is 12.1 Å². The molecule has 2 N–H and O–H groups in total. The minimum atomic E-state index is -0.485. The van der Waals surface area contributed by atoms with Crippen LogP contribution >= 0.6 is 0 Å². The molecule has 0 bridgehead atoms. The largest absolute Gasteiger partial charge is 0.353 e. The van der Waals surface area contributed by atoms with E-state index in [4.69, 9.17) is 0 Å². The van der Waals surface area contributed by atoms with Crippen molar-refractivity contribution in [3.63, 3.8) is 0 Å². The third-order valence-corrected chi connectivity index (χ3v) is 2.42. The maximum absolute atomic E-state index is 13.3. The number of para-hydroxylation sites is 1. The zero-order valence-corrected chi connectivity index (χ0v) is 11.9. The summed E-state index contributed by atoms with van der Waals surface area (Å²) in [6.07, 6.45) is 0. The number of amides is 2. The number of halogens is 1. The van der Waals surface area contributed by atoms with E-state index in [9.17, 15) is 14.0 Å². The Kier molecular flexibility index (Phi) is 6.11. The second kappa shape index (κ2) is 7.59. The van der Waals surface area contributed by atoms with Gasteiger partial charge >= 0.3 is 0 Å². The van der Waals surface area contributed by atoms with Gasteiger partial charge in [-0.25, -0.2) is 4.39 Å². The molecular weight excluding hydrogens is 261 g/mol. The third kappa shape index (κ3) is 5.79. The lowest BCUT2D eigenvalue weighted by Gasteiger charge is -2.17. The first-order valence-electron chi connectivity index (χ1n) is 6.40. The van der Waals surface area contributed by atoms with Crippen LogP contribution in [0.3, 0.4) is 0 Å². The summed E-state index contributed by atoms with van der Waals surface area (Å²) in [4.78, 5) is 24.8. The SMILES string of the molecule is CC(C)NC(=O)CN(C)CC(=O)Nc1ccccc1F. The Labute approximate surface area is 118 Å². The Morgan fingerprint density at radius 2 is 1.80 bits per heavy atom. The van der Waals surface area contributed by atoms with Crippen LogP contribution in [-0.4, -0.2) is 42.9 Å². The van der Waals surface area contributed by atoms with Crippen molar-refractivity contribution < 1.29 is 14.0 Å². The molecule has 2 amide bonds. The Morgan fingerprint density at radius 1 is 1.20 bits per heavy atom. The highest BCUT2D eigenvalue weighted by atomic mass is 19.1. The molecule has 110 valence electrons. The number of nitrogens with zero attached hydrogens (tertiary/aromatic N) is 1. The third-order valence-electron chi connectivity index (χ3n) is 2.42. The molecule has 0 fully saturated rings. The van der Waals surface area contributed by atoms with Gasteiger partial charge in [-0.3, -0.25) is 14.5 Å². The Hall–Kier alpha value is -1.95. The average molecular weight is 281 g/mol. The molecule has 0 aliphatic rings. The van der Waals surface area contributed by atoms with Gasteiger partial charge in [0.05, 0.1) is 18.8 Å². The van der Waals surface area contributed by atoms with Gasteiger partial charge in [-0.2, -0.15) is 0 Å². The van der Waals surface area contributed by atoms with Crippen LogP contribution in [0.25, 0.3) is 0 Å². The summed E-state index contributed by atoms with van der Waals surface area (Å²) in [5.74, 6) is -1.00. The zero-order valence-electron chi connectivity index (χ0n) is 11.9. The van der Waals surface area contributed by atoms with Gasteiger partial charge in [-0.05, 0) is 33.0 Å². The minimum absolute atomic E-state index is 0.0137. The number of benzene rings is 1. The molecule has 0 unspecified atom stereocenters. The average Bonchev–Trinajstić information content (AvgIpc) is 2.30. The number of carbonyl (C=O) groups is 2. The predicted octanol–water partition coefficient (Wildman–Crippen LogP) is 1.22. The van der Waals surface area contributed by atoms with E-state index in [-0.39, 0.29) is 36.6 Å². The number of nitrogens with one attached hydrogen (secondary N) is 2. The molecule has 0 aliphatic carbocycles. The lowest BCUT2D eigenvalue weighted by atomic mass is 10.3. The maximum atomic E-state index is 13.3. The monoisotopic (exact) mass is 281 g/mol. The molecule has 0 spiro atoms. The number of hydrogen-bond donors (Lipinski definition) is 2. The van der Waals surface area contributed by atoms with E-state index >= 15 is 0 Å². The summed E-state index contributed by atoms with van der Waals surface area (Å²) in [5, 5.41) is 5.20. The van der Waals surface area contributed by atoms with Crippen molar-refractivity contribution >= 4 is 17.5 Å². The molecule has 5 nitrogen and oxygen atoms in total. The fraction of sp³-hybridized carbons (Fsp3) is 0.429. The molecule has 20 heavy (non-hydrogen) atoms. The number of hydrogen-bond acceptors (Lipinski definition) is 3. The molecule has 6 heteroatoms. The van der Waals surface area contributed by atoms with Crippen molar-refractivity contribution in [2.75, 3.05) is 25.5 Å². The molecule has 0 radical (unpaired) electrons. The summed E-state index contributed by atoms with van der Waals surface area (Å²) >= 11 is 0. The highest BCUT2D eigenvalue weighted by molar-refractivity contribution is 5.92. The minimum Gasteiger partial charge on any atom is -0.353 e. The van der Waals surface area contributed by atoms with Gasteiger partial charge in [0.2, 0.25) is 11.8 Å². The Morgan fingerprint density at radius 3 is 2.40 bits per heavy atom. The molecule has 0 aliphatic heterocycles. The van der Waals surface area contributed by atoms with E-state index < -0.39 is 5.82 Å². The van der Waals surface area contributed by atoms with Crippen LogP contribution in [0, 0.1) is 5.82 Å². The van der Waals surface area contributed by atoms with Gasteiger partial charge in [-0.15, -0.1) is 0 Å². The molecule has 0 atom stereocenters. The van der Waals surface area contributed by atoms with Crippen LogP contribution < -0.4 is 10.6 Å². The molecule has 0 saturated carbocycles. The van der Waals surface area contributed by atoms with Crippen LogP contribution in [0.4, 0.5) is 10.1 Å². The van der Waals surface area contributed by atoms with Crippen molar-refractivity contribution in [1.82, 2.24) is 10.2 Å². The molecule has 1 rings (SSSR count). The van der Waals surface area contributed by atoms with Gasteiger partial charge in [0.25, 0.3) is 0 Å². The first kappa shape index (κ1) is 16.1. The van der Waals surface area contributed by atoms with Crippen LogP contribution in [-0.2, 0) is 9.59 Å². The molecule has 1 aromatic carbocycles. The van der Waals surface area contributed by atoms with Crippen molar-refractivity contribution in [3.8, 4) is 0 Å². The number of carbonyl (C=O) groups excluding carboxylic acids is 2. The Balaban J connectivity index is 2.42. The van der Waals surface area contributed by atoms with E-state index in [1.54, 1.807) is 24.1 Å². The van der Waals surface area contributed by atoms with E-state index in [0.717, 1.165) is 0 Å². The summed E-state index contributed by atoms with van der Waals surface area (Å²) in [6, 6.07) is 6.00. The summed E-state index contributed by atoms with van der Waals surface area (Å²) < 4.78 is 13.3. The molecule has 0 heterocycles. The fourth-order valence-electron chi connectivity index (χ4n) is 1.67. The van der Waals surface area contributed by atoms with Crippen LogP contribution in [0.1, 0.15) is 13.8 Å². The van der Waals surface area contributed by atoms with Gasteiger partial charge in [-0.1, -0.05) is 12.1 Å². The topological polar surface area (TPSA) is 61.4 Å². The highest BCUT2D eigenvalue weighted by Crippen LogP contribution is 2.11. The van der Waals surface area contributed by atoms with Gasteiger partial charge in [0, 0.05) is 6.04 Å². The van der Waals surface area contributed by atoms with Crippen molar-refractivity contribution in [2.24, 2.45) is 0 Å². The lowest BCUT2D eigenvalue weighted by molar-refractivity contribution is -0.123. The van der Waals surface area contributed by atoms with Gasteiger partial charge < -0.3 is 10.6 Å². The lowest BCUT2D eigenvalue weighted by Crippen LogP contribution is -2.41. The Bertz CT molecular complexity index is 477. The van der Waals surface area contributed by atoms with E-state index in [2.05, 4.69) is 10.6 Å². The van der Waals surface area contributed by atoms with Crippen molar-refractivity contribution in [1.29, 1.82) is 0 Å². The smallest absolute Gasteiger partial charge is 0.238 e. The van der Waals surface area contributed by atoms with Gasteiger partial charge in [0.15, 0.2) is 0 Å². The standard InChI is InChI=1S/C14H20FN3O2/c1-10(2)16-13(19)8-18(3)9-14(20)17-12-7-5-4-6-11(12)15/h4-7,10H,8-9H2,1-3H3,(H,16,19)(H,17,20). The molecular formula is C14H20FN3O2. The predicted molar refractivity (Wildman–Crippen MR) is 75.8 cm³/mol.